The molecule has 0 saturated carbocycles. The van der Waals surface area contributed by atoms with E-state index in [9.17, 15) is 4.79 Å². The summed E-state index contributed by atoms with van der Waals surface area (Å²) in [6, 6.07) is 26.8. The molecule has 0 spiro atoms. The van der Waals surface area contributed by atoms with Crippen LogP contribution in [0.5, 0.6) is 5.75 Å². The number of carbonyl (C=O) groups is 1. The van der Waals surface area contributed by atoms with Crippen molar-refractivity contribution in [3.05, 3.63) is 96.1 Å². The van der Waals surface area contributed by atoms with E-state index in [-0.39, 0.29) is 19.2 Å². The largest absolute Gasteiger partial charge is 0.481 e. The molecule has 2 N–H and O–H groups in total. The Balaban J connectivity index is 2.19. The van der Waals surface area contributed by atoms with Crippen molar-refractivity contribution in [3.63, 3.8) is 0 Å². The van der Waals surface area contributed by atoms with Gasteiger partial charge in [-0.3, -0.25) is 5.32 Å². The zero-order valence-corrected chi connectivity index (χ0v) is 19.8. The summed E-state index contributed by atoms with van der Waals surface area (Å²) in [7, 11) is 0. The molecular weight excluding hydrogens is 424 g/mol. The van der Waals surface area contributed by atoms with Crippen LogP contribution in [0.2, 0.25) is 0 Å². The fourth-order valence-corrected chi connectivity index (χ4v) is 3.97. The molecule has 0 saturated heterocycles. The van der Waals surface area contributed by atoms with Gasteiger partial charge >= 0.3 is 5.97 Å². The average Bonchev–Trinajstić information content (AvgIpc) is 2.89. The molecule has 0 unspecified atom stereocenters. The summed E-state index contributed by atoms with van der Waals surface area (Å²) in [5, 5.41) is 7.17. The van der Waals surface area contributed by atoms with Crippen LogP contribution in [0.3, 0.4) is 0 Å². The van der Waals surface area contributed by atoms with Gasteiger partial charge in [-0.2, -0.15) is 0 Å². The molecule has 0 amide bonds. The molecule has 0 bridgehead atoms. The maximum Gasteiger partial charge on any atom is 0.333 e. The summed E-state index contributed by atoms with van der Waals surface area (Å²) < 4.78 is 11.3. The Labute approximate surface area is 202 Å². The predicted molar refractivity (Wildman–Crippen MR) is 137 cm³/mol. The van der Waals surface area contributed by atoms with E-state index in [4.69, 9.17) is 15.9 Å². The summed E-state index contributed by atoms with van der Waals surface area (Å²) in [5.74, 6) is 2.81. The van der Waals surface area contributed by atoms with E-state index in [1.54, 1.807) is 0 Å². The Morgan fingerprint density at radius 3 is 2.21 bits per heavy atom. The molecule has 2 atom stereocenters. The Morgan fingerprint density at radius 2 is 1.62 bits per heavy atom. The SMILES string of the molecule is C#CCOc1ccc([C@H](Nc2ccccc2)[C@](NCCC)(C(=O)OCC)c2ccccc2)cc1. The second-order valence-corrected chi connectivity index (χ2v) is 7.83. The standard InChI is InChI=1S/C29H32N2O3/c1-4-21-30-29(28(32)33-6-3,24-13-9-7-10-14-24)27(31-25-15-11-8-12-16-25)23-17-19-26(20-18-23)34-22-5-2/h2,7-20,27,30-31H,4,6,21-22H2,1,3H3/t27-,29-/m0/s1. The first-order chi connectivity index (χ1) is 16.7. The number of hydrogen-bond acceptors (Lipinski definition) is 5. The zero-order chi connectivity index (χ0) is 24.2. The number of rotatable bonds is 12. The second kappa shape index (κ2) is 12.5. The summed E-state index contributed by atoms with van der Waals surface area (Å²) >= 11 is 0. The lowest BCUT2D eigenvalue weighted by atomic mass is 9.78. The molecule has 0 aliphatic carbocycles. The van der Waals surface area contributed by atoms with Gasteiger partial charge in [0.1, 0.15) is 12.4 Å². The van der Waals surface area contributed by atoms with Crippen LogP contribution in [0.15, 0.2) is 84.9 Å². The molecule has 5 nitrogen and oxygen atoms in total. The Morgan fingerprint density at radius 1 is 0.971 bits per heavy atom. The highest BCUT2D eigenvalue weighted by Crippen LogP contribution is 2.40. The number of nitrogens with one attached hydrogen (secondary N) is 2. The van der Waals surface area contributed by atoms with Crippen molar-refractivity contribution in [2.24, 2.45) is 0 Å². The van der Waals surface area contributed by atoms with Gasteiger partial charge in [-0.25, -0.2) is 4.79 Å². The smallest absolute Gasteiger partial charge is 0.333 e. The van der Waals surface area contributed by atoms with Gasteiger partial charge < -0.3 is 14.8 Å². The van der Waals surface area contributed by atoms with Gasteiger partial charge in [0.05, 0.1) is 12.6 Å². The van der Waals surface area contributed by atoms with Gasteiger partial charge in [0.2, 0.25) is 0 Å². The van der Waals surface area contributed by atoms with Crippen molar-refractivity contribution in [2.75, 3.05) is 25.1 Å². The van der Waals surface area contributed by atoms with Crippen molar-refractivity contribution in [1.29, 1.82) is 0 Å². The summed E-state index contributed by atoms with van der Waals surface area (Å²) in [6.07, 6.45) is 6.18. The lowest BCUT2D eigenvalue weighted by Gasteiger charge is -2.41. The van der Waals surface area contributed by atoms with Gasteiger partial charge in [0, 0.05) is 5.69 Å². The average molecular weight is 457 g/mol. The van der Waals surface area contributed by atoms with Crippen LogP contribution >= 0.6 is 0 Å². The van der Waals surface area contributed by atoms with E-state index >= 15 is 0 Å². The van der Waals surface area contributed by atoms with Gasteiger partial charge in [-0.05, 0) is 55.3 Å². The number of esters is 1. The molecule has 5 heteroatoms. The van der Waals surface area contributed by atoms with E-state index < -0.39 is 11.6 Å². The first-order valence-electron chi connectivity index (χ1n) is 11.6. The Hall–Kier alpha value is -3.75. The summed E-state index contributed by atoms with van der Waals surface area (Å²) in [6.45, 7) is 5.00. The van der Waals surface area contributed by atoms with Crippen molar-refractivity contribution >= 4 is 11.7 Å². The zero-order valence-electron chi connectivity index (χ0n) is 19.8. The summed E-state index contributed by atoms with van der Waals surface area (Å²) in [4.78, 5) is 13.8. The van der Waals surface area contributed by atoms with Gasteiger partial charge in [0.25, 0.3) is 0 Å². The number of carbonyl (C=O) groups excluding carboxylic acids is 1. The maximum absolute atomic E-state index is 13.8. The molecular formula is C29H32N2O3. The van der Waals surface area contributed by atoms with E-state index in [0.29, 0.717) is 12.3 Å². The van der Waals surface area contributed by atoms with Crippen LogP contribution in [0.25, 0.3) is 0 Å². The number of hydrogen-bond donors (Lipinski definition) is 2. The first kappa shape index (κ1) is 24.9. The molecule has 0 aliphatic heterocycles. The van der Waals surface area contributed by atoms with E-state index in [1.807, 2.05) is 91.9 Å². The number of anilines is 1. The molecule has 0 aromatic heterocycles. The summed E-state index contributed by atoms with van der Waals surface area (Å²) in [5.41, 5.74) is 1.44. The normalized spacial score (nSPS) is 13.2. The molecule has 3 aromatic rings. The molecule has 3 rings (SSSR count). The van der Waals surface area contributed by atoms with Crippen LogP contribution in [-0.2, 0) is 15.1 Å². The van der Waals surface area contributed by atoms with Crippen LogP contribution in [-0.4, -0.2) is 25.7 Å². The highest BCUT2D eigenvalue weighted by Gasteiger charge is 2.49. The van der Waals surface area contributed by atoms with Crippen molar-refractivity contribution in [3.8, 4) is 18.1 Å². The Kier molecular flexibility index (Phi) is 9.13. The number of para-hydroxylation sites is 1. The molecule has 0 fully saturated rings. The number of benzene rings is 3. The molecule has 176 valence electrons. The van der Waals surface area contributed by atoms with Crippen LogP contribution < -0.4 is 15.4 Å². The lowest BCUT2D eigenvalue weighted by Crippen LogP contribution is -2.56. The lowest BCUT2D eigenvalue weighted by molar-refractivity contribution is -0.152. The van der Waals surface area contributed by atoms with Crippen LogP contribution in [0.1, 0.15) is 37.4 Å². The quantitative estimate of drug-likeness (QED) is 0.286. The van der Waals surface area contributed by atoms with Crippen LogP contribution in [0.4, 0.5) is 5.69 Å². The third-order valence-corrected chi connectivity index (χ3v) is 5.53. The van der Waals surface area contributed by atoms with E-state index in [2.05, 4.69) is 23.5 Å². The van der Waals surface area contributed by atoms with Gasteiger partial charge in [0.15, 0.2) is 5.54 Å². The number of terminal acetylenes is 1. The topological polar surface area (TPSA) is 59.6 Å². The molecule has 34 heavy (non-hydrogen) atoms. The van der Waals surface area contributed by atoms with Gasteiger partial charge in [-0.15, -0.1) is 6.42 Å². The van der Waals surface area contributed by atoms with Crippen molar-refractivity contribution < 1.29 is 14.3 Å². The molecule has 0 radical (unpaired) electrons. The third kappa shape index (κ3) is 5.78. The highest BCUT2D eigenvalue weighted by atomic mass is 16.5. The van der Waals surface area contributed by atoms with E-state index in [1.165, 1.54) is 0 Å². The van der Waals surface area contributed by atoms with Gasteiger partial charge in [-0.1, -0.05) is 73.5 Å². The highest BCUT2D eigenvalue weighted by molar-refractivity contribution is 5.85. The van der Waals surface area contributed by atoms with E-state index in [0.717, 1.165) is 23.2 Å². The van der Waals surface area contributed by atoms with Crippen molar-refractivity contribution in [2.45, 2.75) is 31.8 Å². The fraction of sp³-hybridized carbons (Fsp3) is 0.276. The van der Waals surface area contributed by atoms with Crippen molar-refractivity contribution in [1.82, 2.24) is 5.32 Å². The minimum atomic E-state index is -1.18. The van der Waals surface area contributed by atoms with Crippen LogP contribution in [0, 0.1) is 12.3 Å². The molecule has 0 aliphatic rings. The monoisotopic (exact) mass is 456 g/mol. The second-order valence-electron chi connectivity index (χ2n) is 7.83. The minimum absolute atomic E-state index is 0.194. The Bertz CT molecular complexity index is 1060. The minimum Gasteiger partial charge on any atom is -0.481 e. The molecule has 3 aromatic carbocycles. The number of ether oxygens (including phenoxy) is 2. The first-order valence-corrected chi connectivity index (χ1v) is 11.6. The third-order valence-electron chi connectivity index (χ3n) is 5.53. The maximum atomic E-state index is 13.8. The predicted octanol–water partition coefficient (Wildman–Crippen LogP) is 5.31. The molecule has 0 heterocycles. The fourth-order valence-electron chi connectivity index (χ4n) is 3.97.